The zero-order valence-corrected chi connectivity index (χ0v) is 10.4. The quantitative estimate of drug-likeness (QED) is 0.829. The van der Waals surface area contributed by atoms with Gasteiger partial charge in [-0.25, -0.2) is 4.98 Å². The molecule has 0 spiro atoms. The van der Waals surface area contributed by atoms with Crippen LogP contribution >= 0.6 is 11.8 Å². The largest absolute Gasteiger partial charge is 0.480 e. The first-order chi connectivity index (χ1) is 8.70. The number of aromatic nitrogens is 1. The molecule has 1 aromatic heterocycles. The van der Waals surface area contributed by atoms with E-state index in [1.54, 1.807) is 0 Å². The van der Waals surface area contributed by atoms with E-state index < -0.39 is 40.2 Å². The molecule has 0 aliphatic rings. The summed E-state index contributed by atoms with van der Waals surface area (Å²) in [5.74, 6) is -2.21. The van der Waals surface area contributed by atoms with Crippen molar-refractivity contribution in [3.8, 4) is 0 Å². The summed E-state index contributed by atoms with van der Waals surface area (Å²) in [6, 6.07) is 1.22. The van der Waals surface area contributed by atoms with E-state index in [4.69, 9.17) is 5.11 Å². The number of hydrogen-bond acceptors (Lipinski definition) is 4. The highest BCUT2D eigenvalue weighted by atomic mass is 32.2. The first-order valence-corrected chi connectivity index (χ1v) is 5.77. The first kappa shape index (κ1) is 15.3. The highest BCUT2D eigenvalue weighted by Gasteiger charge is 2.32. The molecule has 0 aromatic carbocycles. The maximum absolute atomic E-state index is 12.3. The molecule has 0 saturated carbocycles. The average Bonchev–Trinajstić information content (AvgIpc) is 2.27. The number of pyridine rings is 1. The molecule has 1 atom stereocenters. The molecule has 9 heteroatoms. The van der Waals surface area contributed by atoms with Crippen molar-refractivity contribution < 1.29 is 27.9 Å². The summed E-state index contributed by atoms with van der Waals surface area (Å²) in [4.78, 5) is 25.7. The van der Waals surface area contributed by atoms with Crippen molar-refractivity contribution >= 4 is 23.6 Å². The second-order valence-corrected chi connectivity index (χ2v) is 4.49. The number of thioether (sulfide) groups is 1. The number of alkyl halides is 3. The number of halogens is 3. The molecule has 0 aliphatic heterocycles. The summed E-state index contributed by atoms with van der Waals surface area (Å²) in [6.07, 6.45) is 1.12. The second kappa shape index (κ2) is 5.91. The number of carbonyl (C=O) groups is 2. The van der Waals surface area contributed by atoms with Gasteiger partial charge in [0.15, 0.2) is 0 Å². The number of nitrogens with one attached hydrogen (secondary N) is 1. The molecule has 19 heavy (non-hydrogen) atoms. The Labute approximate surface area is 110 Å². The Hall–Kier alpha value is -1.77. The number of aliphatic carboxylic acids is 1. The minimum atomic E-state index is -4.58. The third-order valence-corrected chi connectivity index (χ3v) is 2.70. The fourth-order valence-electron chi connectivity index (χ4n) is 1.09. The lowest BCUT2D eigenvalue weighted by molar-refractivity contribution is -0.138. The zero-order chi connectivity index (χ0) is 14.6. The average molecular weight is 294 g/mol. The summed E-state index contributed by atoms with van der Waals surface area (Å²) in [6.45, 7) is 1.20. The van der Waals surface area contributed by atoms with Gasteiger partial charge in [0, 0.05) is 18.0 Å². The van der Waals surface area contributed by atoms with Crippen LogP contribution in [0.2, 0.25) is 0 Å². The van der Waals surface area contributed by atoms with Crippen LogP contribution in [0.15, 0.2) is 23.4 Å². The second-order valence-electron chi connectivity index (χ2n) is 3.44. The van der Waals surface area contributed by atoms with Gasteiger partial charge in [-0.1, -0.05) is 0 Å². The molecule has 1 rings (SSSR count). The number of rotatable bonds is 4. The third-order valence-electron chi connectivity index (χ3n) is 1.95. The molecule has 1 amide bonds. The molecule has 0 bridgehead atoms. The number of carboxylic acids is 1. The van der Waals surface area contributed by atoms with Gasteiger partial charge in [-0.05, 0) is 19.1 Å². The van der Waals surface area contributed by atoms with Crippen molar-refractivity contribution in [2.24, 2.45) is 0 Å². The molecule has 5 nitrogen and oxygen atoms in total. The molecule has 2 N–H and O–H groups in total. The topological polar surface area (TPSA) is 79.3 Å². The van der Waals surface area contributed by atoms with Crippen molar-refractivity contribution in [1.82, 2.24) is 10.3 Å². The first-order valence-electron chi connectivity index (χ1n) is 4.95. The highest BCUT2D eigenvalue weighted by molar-refractivity contribution is 8.00. The van der Waals surface area contributed by atoms with E-state index in [-0.39, 0.29) is 5.56 Å². The molecule has 0 aliphatic carbocycles. The Morgan fingerprint density at radius 3 is 2.63 bits per heavy atom. The number of carboxylic acid groups (broad SMARTS) is 1. The fourth-order valence-corrected chi connectivity index (χ4v) is 1.69. The van der Waals surface area contributed by atoms with E-state index in [0.29, 0.717) is 0 Å². The van der Waals surface area contributed by atoms with E-state index in [1.165, 1.54) is 13.0 Å². The van der Waals surface area contributed by atoms with Gasteiger partial charge in [-0.15, -0.1) is 0 Å². The monoisotopic (exact) mass is 294 g/mol. The molecule has 0 fully saturated rings. The molecule has 1 aromatic rings. The minimum absolute atomic E-state index is 0.321. The molecule has 0 saturated heterocycles. The van der Waals surface area contributed by atoms with Crippen LogP contribution in [0.25, 0.3) is 0 Å². The summed E-state index contributed by atoms with van der Waals surface area (Å²) in [5, 5.41) is 10.2. The van der Waals surface area contributed by atoms with Crippen molar-refractivity contribution in [3.63, 3.8) is 0 Å². The van der Waals surface area contributed by atoms with Crippen LogP contribution in [0.3, 0.4) is 0 Å². The lowest BCUT2D eigenvalue weighted by Crippen LogP contribution is -2.38. The predicted octanol–water partition coefficient (Wildman–Crippen LogP) is 1.90. The number of nitrogens with zero attached hydrogens (tertiary/aromatic N) is 1. The van der Waals surface area contributed by atoms with Gasteiger partial charge in [0.1, 0.15) is 11.1 Å². The lowest BCUT2D eigenvalue weighted by atomic mass is 10.2. The van der Waals surface area contributed by atoms with Crippen LogP contribution in [-0.2, 0) is 4.79 Å². The van der Waals surface area contributed by atoms with Gasteiger partial charge in [0.2, 0.25) is 0 Å². The third kappa shape index (κ3) is 4.78. The van der Waals surface area contributed by atoms with E-state index >= 15 is 0 Å². The number of amides is 1. The summed E-state index contributed by atoms with van der Waals surface area (Å²) in [5.41, 5.74) is -4.90. The van der Waals surface area contributed by atoms with E-state index in [9.17, 15) is 22.8 Å². The smallest absolute Gasteiger partial charge is 0.447 e. The van der Waals surface area contributed by atoms with E-state index in [2.05, 4.69) is 10.3 Å². The molecule has 104 valence electrons. The molecule has 0 radical (unpaired) electrons. The van der Waals surface area contributed by atoms with Crippen molar-refractivity contribution in [2.45, 2.75) is 23.5 Å². The molecular weight excluding hydrogens is 285 g/mol. The fraction of sp³-hybridized carbons (Fsp3) is 0.300. The van der Waals surface area contributed by atoms with Crippen molar-refractivity contribution in [3.05, 3.63) is 23.9 Å². The van der Waals surface area contributed by atoms with E-state index in [0.717, 1.165) is 12.3 Å². The van der Waals surface area contributed by atoms with Gasteiger partial charge in [0.05, 0.1) is 5.56 Å². The minimum Gasteiger partial charge on any atom is -0.480 e. The van der Waals surface area contributed by atoms with Gasteiger partial charge in [-0.3, -0.25) is 9.59 Å². The van der Waals surface area contributed by atoms with Crippen LogP contribution in [0.1, 0.15) is 17.3 Å². The van der Waals surface area contributed by atoms with Crippen LogP contribution in [-0.4, -0.2) is 33.5 Å². The van der Waals surface area contributed by atoms with Crippen LogP contribution < -0.4 is 5.32 Å². The Balaban J connectivity index is 2.94. The summed E-state index contributed by atoms with van der Waals surface area (Å²) >= 11 is -0.528. The maximum Gasteiger partial charge on any atom is 0.447 e. The van der Waals surface area contributed by atoms with Crippen LogP contribution in [0.5, 0.6) is 0 Å². The highest BCUT2D eigenvalue weighted by Crippen LogP contribution is 2.37. The lowest BCUT2D eigenvalue weighted by Gasteiger charge is -2.12. The molecular formula is C10H9F3N2O3S. The molecule has 1 heterocycles. The van der Waals surface area contributed by atoms with Gasteiger partial charge in [-0.2, -0.15) is 13.2 Å². The number of carbonyl (C=O) groups excluding carboxylic acids is 1. The summed E-state index contributed by atoms with van der Waals surface area (Å²) in [7, 11) is 0. The zero-order valence-electron chi connectivity index (χ0n) is 9.56. The Bertz CT molecular complexity index is 493. The number of hydrogen-bond donors (Lipinski definition) is 2. The van der Waals surface area contributed by atoms with Gasteiger partial charge in [0.25, 0.3) is 5.91 Å². The van der Waals surface area contributed by atoms with Crippen LogP contribution in [0, 0.1) is 0 Å². The predicted molar refractivity (Wildman–Crippen MR) is 60.7 cm³/mol. The Kier molecular flexibility index (Phi) is 4.76. The summed E-state index contributed by atoms with van der Waals surface area (Å²) < 4.78 is 36.8. The SMILES string of the molecule is C[C@@H](NC(=O)c1cccnc1SC(F)(F)F)C(=O)O. The Morgan fingerprint density at radius 1 is 1.47 bits per heavy atom. The van der Waals surface area contributed by atoms with Gasteiger partial charge < -0.3 is 10.4 Å². The molecule has 0 unspecified atom stereocenters. The van der Waals surface area contributed by atoms with Crippen molar-refractivity contribution in [1.29, 1.82) is 0 Å². The van der Waals surface area contributed by atoms with Crippen molar-refractivity contribution in [2.75, 3.05) is 0 Å². The van der Waals surface area contributed by atoms with E-state index in [1.807, 2.05) is 0 Å². The van der Waals surface area contributed by atoms with Gasteiger partial charge >= 0.3 is 11.5 Å². The van der Waals surface area contributed by atoms with Crippen LogP contribution in [0.4, 0.5) is 13.2 Å². The standard InChI is InChI=1S/C10H9F3N2O3S/c1-5(9(17)18)15-7(16)6-3-2-4-14-8(6)19-10(11,12)13/h2-5H,1H3,(H,15,16)(H,17,18)/t5-/m1/s1. The Morgan fingerprint density at radius 2 is 2.11 bits per heavy atom. The maximum atomic E-state index is 12.3. The normalized spacial score (nSPS) is 12.8.